The third kappa shape index (κ3) is 11.2. The Bertz CT molecular complexity index is 1020. The van der Waals surface area contributed by atoms with Crippen LogP contribution < -0.4 is 15.2 Å². The van der Waals surface area contributed by atoms with Crippen LogP contribution in [0.3, 0.4) is 0 Å². The number of carbonyl (C=O) groups is 4. The van der Waals surface area contributed by atoms with Crippen molar-refractivity contribution in [3.05, 3.63) is 23.8 Å². The van der Waals surface area contributed by atoms with Crippen molar-refractivity contribution in [3.63, 3.8) is 0 Å². The van der Waals surface area contributed by atoms with Gasteiger partial charge in [-0.25, -0.2) is 4.79 Å². The molecular formula is C29H45NO9. The summed E-state index contributed by atoms with van der Waals surface area (Å²) in [7, 11) is 0. The Morgan fingerprint density at radius 1 is 0.718 bits per heavy atom. The van der Waals surface area contributed by atoms with E-state index in [-0.39, 0.29) is 29.9 Å². The number of hydrogen-bond acceptors (Lipinski definition) is 10. The summed E-state index contributed by atoms with van der Waals surface area (Å²) in [6.45, 7) is 19.0. The van der Waals surface area contributed by atoms with Gasteiger partial charge in [0.1, 0.15) is 24.4 Å². The molecule has 0 fully saturated rings. The number of hydrogen-bond donors (Lipinski definition) is 1. The molecule has 10 nitrogen and oxygen atoms in total. The van der Waals surface area contributed by atoms with Gasteiger partial charge < -0.3 is 29.4 Å². The minimum Gasteiger partial charge on any atom is -0.458 e. The van der Waals surface area contributed by atoms with Gasteiger partial charge in [0.2, 0.25) is 0 Å². The molecule has 0 saturated heterocycles. The molecule has 220 valence electrons. The predicted molar refractivity (Wildman–Crippen MR) is 145 cm³/mol. The lowest BCUT2D eigenvalue weighted by molar-refractivity contribution is -0.156. The molecule has 0 aliphatic heterocycles. The van der Waals surface area contributed by atoms with Gasteiger partial charge in [0.25, 0.3) is 0 Å². The van der Waals surface area contributed by atoms with E-state index in [9.17, 15) is 19.2 Å². The van der Waals surface area contributed by atoms with Crippen molar-refractivity contribution < 1.29 is 42.9 Å². The van der Waals surface area contributed by atoms with Crippen molar-refractivity contribution in [3.8, 4) is 11.5 Å². The molecule has 2 unspecified atom stereocenters. The SMILES string of the molecule is CC(C)C(C)OC(=O)OC(C)[C@H](C)OC(=O)[C@@H](N)Cc1ccc(OC(=O)C(C)(C)C)c(OC(=O)C(C)(C)C)c1. The number of esters is 3. The molecule has 0 radical (unpaired) electrons. The maximum Gasteiger partial charge on any atom is 0.508 e. The highest BCUT2D eigenvalue weighted by atomic mass is 16.7. The molecule has 0 heterocycles. The molecule has 1 aromatic rings. The van der Waals surface area contributed by atoms with Gasteiger partial charge in [-0.05, 0) is 92.3 Å². The fraction of sp³-hybridized carbons (Fsp3) is 0.655. The highest BCUT2D eigenvalue weighted by Gasteiger charge is 2.29. The van der Waals surface area contributed by atoms with Crippen LogP contribution in [0.1, 0.15) is 81.7 Å². The van der Waals surface area contributed by atoms with Crippen molar-refractivity contribution in [1.82, 2.24) is 0 Å². The van der Waals surface area contributed by atoms with Gasteiger partial charge in [-0.3, -0.25) is 14.4 Å². The Morgan fingerprint density at radius 2 is 1.18 bits per heavy atom. The van der Waals surface area contributed by atoms with E-state index in [0.29, 0.717) is 5.56 Å². The van der Waals surface area contributed by atoms with Gasteiger partial charge in [0, 0.05) is 0 Å². The van der Waals surface area contributed by atoms with Gasteiger partial charge in [-0.2, -0.15) is 0 Å². The van der Waals surface area contributed by atoms with Crippen LogP contribution in [0.5, 0.6) is 11.5 Å². The second kappa shape index (κ2) is 13.8. The highest BCUT2D eigenvalue weighted by molar-refractivity contribution is 5.81. The van der Waals surface area contributed by atoms with Crippen LogP contribution in [0.2, 0.25) is 0 Å². The fourth-order valence-corrected chi connectivity index (χ4v) is 2.62. The Morgan fingerprint density at radius 3 is 1.67 bits per heavy atom. The number of rotatable bonds is 10. The van der Waals surface area contributed by atoms with E-state index in [4.69, 9.17) is 29.4 Å². The second-order valence-electron chi connectivity index (χ2n) is 12.2. The molecule has 0 spiro atoms. The van der Waals surface area contributed by atoms with Crippen LogP contribution >= 0.6 is 0 Å². The summed E-state index contributed by atoms with van der Waals surface area (Å²) < 4.78 is 26.8. The lowest BCUT2D eigenvalue weighted by Crippen LogP contribution is -2.39. The van der Waals surface area contributed by atoms with Crippen LogP contribution in [0, 0.1) is 16.7 Å². The van der Waals surface area contributed by atoms with E-state index in [1.54, 1.807) is 68.4 Å². The summed E-state index contributed by atoms with van der Waals surface area (Å²) in [5.41, 5.74) is 5.05. The van der Waals surface area contributed by atoms with Crippen LogP contribution in [0.15, 0.2) is 18.2 Å². The van der Waals surface area contributed by atoms with E-state index in [1.165, 1.54) is 12.1 Å². The Hall–Kier alpha value is -3.14. The fourth-order valence-electron chi connectivity index (χ4n) is 2.62. The van der Waals surface area contributed by atoms with Crippen LogP contribution in [0.4, 0.5) is 4.79 Å². The monoisotopic (exact) mass is 551 g/mol. The minimum atomic E-state index is -1.07. The first-order chi connectivity index (χ1) is 17.7. The molecule has 4 atom stereocenters. The quantitative estimate of drug-likeness (QED) is 0.313. The van der Waals surface area contributed by atoms with Gasteiger partial charge in [-0.15, -0.1) is 0 Å². The average Bonchev–Trinajstić information content (AvgIpc) is 2.78. The second-order valence-corrected chi connectivity index (χ2v) is 12.2. The number of benzene rings is 1. The number of carbonyl (C=O) groups excluding carboxylic acids is 4. The first-order valence-corrected chi connectivity index (χ1v) is 13.1. The molecule has 39 heavy (non-hydrogen) atoms. The first-order valence-electron chi connectivity index (χ1n) is 13.1. The lowest BCUT2D eigenvalue weighted by atomic mass is 9.97. The van der Waals surface area contributed by atoms with Crippen molar-refractivity contribution in [1.29, 1.82) is 0 Å². The molecule has 1 aromatic carbocycles. The Kier molecular flexibility index (Phi) is 12.0. The maximum atomic E-state index is 12.7. The zero-order valence-electron chi connectivity index (χ0n) is 25.1. The summed E-state index contributed by atoms with van der Waals surface area (Å²) >= 11 is 0. The molecular weight excluding hydrogens is 506 g/mol. The van der Waals surface area contributed by atoms with Crippen molar-refractivity contribution >= 4 is 24.1 Å². The minimum absolute atomic E-state index is 0.0371. The van der Waals surface area contributed by atoms with Crippen molar-refractivity contribution in [2.45, 2.75) is 107 Å². The van der Waals surface area contributed by atoms with E-state index in [2.05, 4.69) is 0 Å². The third-order valence-electron chi connectivity index (χ3n) is 5.86. The summed E-state index contributed by atoms with van der Waals surface area (Å²) in [5.74, 6) is -1.51. The zero-order chi connectivity index (χ0) is 30.3. The molecule has 0 aliphatic rings. The maximum absolute atomic E-state index is 12.7. The van der Waals surface area contributed by atoms with Gasteiger partial charge >= 0.3 is 24.1 Å². The Balaban J connectivity index is 2.95. The molecule has 10 heteroatoms. The van der Waals surface area contributed by atoms with E-state index in [0.717, 1.165) is 0 Å². The average molecular weight is 552 g/mol. The molecule has 1 rings (SSSR count). The van der Waals surface area contributed by atoms with E-state index >= 15 is 0 Å². The molecule has 0 bridgehead atoms. The smallest absolute Gasteiger partial charge is 0.458 e. The van der Waals surface area contributed by atoms with Crippen LogP contribution in [-0.2, 0) is 35.0 Å². The predicted octanol–water partition coefficient (Wildman–Crippen LogP) is 4.98. The molecule has 0 saturated carbocycles. The summed E-state index contributed by atoms with van der Waals surface area (Å²) in [5, 5.41) is 0. The standard InChI is InChI=1S/C29H45NO9/c1-16(2)17(3)36-27(34)37-19(5)18(4)35-24(31)21(30)14-20-12-13-22(38-25(32)28(6,7)8)23(15-20)39-26(33)29(9,10)11/h12-13,15-19,21H,14,30H2,1-11H3/t17?,18-,19?,21-/m0/s1. The summed E-state index contributed by atoms with van der Waals surface area (Å²) in [4.78, 5) is 49.6. The molecule has 0 aliphatic carbocycles. The molecule has 0 aromatic heterocycles. The van der Waals surface area contributed by atoms with Crippen molar-refractivity contribution in [2.24, 2.45) is 22.5 Å². The topological polar surface area (TPSA) is 140 Å². The third-order valence-corrected chi connectivity index (χ3v) is 5.86. The van der Waals surface area contributed by atoms with Crippen LogP contribution in [-0.4, -0.2) is 48.4 Å². The lowest BCUT2D eigenvalue weighted by Gasteiger charge is -2.24. The van der Waals surface area contributed by atoms with Crippen LogP contribution in [0.25, 0.3) is 0 Å². The van der Waals surface area contributed by atoms with E-state index < -0.39 is 53.1 Å². The van der Waals surface area contributed by atoms with E-state index in [1.807, 2.05) is 13.8 Å². The zero-order valence-corrected chi connectivity index (χ0v) is 25.1. The first kappa shape index (κ1) is 33.9. The summed E-state index contributed by atoms with van der Waals surface area (Å²) in [6.07, 6.45) is -2.68. The van der Waals surface area contributed by atoms with Gasteiger partial charge in [-0.1, -0.05) is 19.9 Å². The number of nitrogens with two attached hydrogens (primary N) is 1. The van der Waals surface area contributed by atoms with Crippen molar-refractivity contribution in [2.75, 3.05) is 0 Å². The van der Waals surface area contributed by atoms with Gasteiger partial charge in [0.15, 0.2) is 11.5 Å². The normalized spacial score (nSPS) is 15.0. The summed E-state index contributed by atoms with van der Waals surface area (Å²) in [6, 6.07) is 3.54. The largest absolute Gasteiger partial charge is 0.508 e. The molecule has 2 N–H and O–H groups in total. The number of ether oxygens (including phenoxy) is 5. The highest BCUT2D eigenvalue weighted by Crippen LogP contribution is 2.33. The molecule has 0 amide bonds. The van der Waals surface area contributed by atoms with Gasteiger partial charge in [0.05, 0.1) is 10.8 Å². The Labute approximate surface area is 231 Å².